The Balaban J connectivity index is 1.83. The molecule has 0 aromatic heterocycles. The molecule has 3 rings (SSSR count). The highest BCUT2D eigenvalue weighted by atomic mass is 16.2. The normalized spacial score (nSPS) is 39.7. The van der Waals surface area contributed by atoms with Crippen LogP contribution in [0.1, 0.15) is 72.6 Å². The lowest BCUT2D eigenvalue weighted by Gasteiger charge is -2.41. The minimum Gasteiger partial charge on any atom is -0.322 e. The van der Waals surface area contributed by atoms with Gasteiger partial charge in [0, 0.05) is 6.04 Å². The van der Waals surface area contributed by atoms with Crippen molar-refractivity contribution in [1.82, 2.24) is 10.2 Å². The van der Waals surface area contributed by atoms with Crippen molar-refractivity contribution < 1.29 is 4.79 Å². The van der Waals surface area contributed by atoms with Crippen LogP contribution in [0.15, 0.2) is 0 Å². The molecule has 0 radical (unpaired) electrons. The zero-order valence-corrected chi connectivity index (χ0v) is 14.2. The van der Waals surface area contributed by atoms with Gasteiger partial charge in [-0.05, 0) is 49.9 Å². The van der Waals surface area contributed by atoms with Gasteiger partial charge in [0.2, 0.25) is 5.91 Å². The molecule has 1 aliphatic heterocycles. The minimum absolute atomic E-state index is 0.207. The highest BCUT2D eigenvalue weighted by Gasteiger charge is 2.54. The molecule has 1 heterocycles. The van der Waals surface area contributed by atoms with Crippen LogP contribution >= 0.6 is 0 Å². The van der Waals surface area contributed by atoms with E-state index in [0.29, 0.717) is 17.9 Å². The first-order valence-electron chi connectivity index (χ1n) is 9.05. The summed E-state index contributed by atoms with van der Waals surface area (Å²) in [4.78, 5) is 15.5. The molecular formula is C18H32N2O. The molecule has 21 heavy (non-hydrogen) atoms. The summed E-state index contributed by atoms with van der Waals surface area (Å²) in [6, 6.07) is 0.462. The molecular weight excluding hydrogens is 260 g/mol. The Bertz CT molecular complexity index is 400. The number of amides is 1. The van der Waals surface area contributed by atoms with Crippen LogP contribution in [0, 0.1) is 17.8 Å². The van der Waals surface area contributed by atoms with Gasteiger partial charge >= 0.3 is 0 Å². The van der Waals surface area contributed by atoms with Gasteiger partial charge in [0.25, 0.3) is 0 Å². The minimum atomic E-state index is -0.207. The molecule has 1 saturated heterocycles. The van der Waals surface area contributed by atoms with E-state index in [1.54, 1.807) is 0 Å². The van der Waals surface area contributed by atoms with Crippen LogP contribution in [-0.2, 0) is 4.79 Å². The Hall–Kier alpha value is -0.570. The van der Waals surface area contributed by atoms with E-state index in [4.69, 9.17) is 0 Å². The molecule has 0 aromatic carbocycles. The van der Waals surface area contributed by atoms with Crippen LogP contribution in [0.2, 0.25) is 0 Å². The van der Waals surface area contributed by atoms with Crippen molar-refractivity contribution in [3.63, 3.8) is 0 Å². The molecule has 1 spiro atoms. The lowest BCUT2D eigenvalue weighted by molar-refractivity contribution is -0.137. The average Bonchev–Trinajstić information content (AvgIpc) is 3.01. The number of hydrogen-bond acceptors (Lipinski definition) is 2. The van der Waals surface area contributed by atoms with Crippen LogP contribution in [-0.4, -0.2) is 28.6 Å². The Kier molecular flexibility index (Phi) is 4.06. The van der Waals surface area contributed by atoms with Crippen molar-refractivity contribution in [2.24, 2.45) is 17.8 Å². The second-order valence-electron chi connectivity index (χ2n) is 8.26. The van der Waals surface area contributed by atoms with Crippen molar-refractivity contribution >= 4 is 5.91 Å². The lowest BCUT2D eigenvalue weighted by atomic mass is 9.78. The summed E-state index contributed by atoms with van der Waals surface area (Å²) >= 11 is 0. The third-order valence-corrected chi connectivity index (χ3v) is 6.42. The lowest BCUT2D eigenvalue weighted by Crippen LogP contribution is -2.49. The fourth-order valence-corrected chi connectivity index (χ4v) is 4.78. The topological polar surface area (TPSA) is 32.3 Å². The van der Waals surface area contributed by atoms with Crippen LogP contribution in [0.5, 0.6) is 0 Å². The number of hydrogen-bond donors (Lipinski definition) is 1. The zero-order chi connectivity index (χ0) is 15.2. The van der Waals surface area contributed by atoms with Crippen LogP contribution < -0.4 is 5.32 Å². The molecule has 120 valence electrons. The predicted octanol–water partition coefficient (Wildman–Crippen LogP) is 3.54. The third kappa shape index (κ3) is 2.52. The summed E-state index contributed by atoms with van der Waals surface area (Å²) in [6.07, 6.45) is 8.40. The summed E-state index contributed by atoms with van der Waals surface area (Å²) in [6.45, 7) is 9.23. The van der Waals surface area contributed by atoms with Gasteiger partial charge < -0.3 is 4.90 Å². The first kappa shape index (κ1) is 15.3. The number of nitrogens with zero attached hydrogens (tertiary/aromatic N) is 1. The zero-order valence-electron chi connectivity index (χ0n) is 14.2. The number of nitrogens with one attached hydrogen (secondary N) is 1. The molecule has 3 nitrogen and oxygen atoms in total. The highest BCUT2D eigenvalue weighted by molar-refractivity contribution is 5.89. The van der Waals surface area contributed by atoms with Gasteiger partial charge in [-0.15, -0.1) is 0 Å². The van der Waals surface area contributed by atoms with E-state index in [1.807, 2.05) is 0 Å². The fourth-order valence-electron chi connectivity index (χ4n) is 4.78. The Morgan fingerprint density at radius 1 is 1.14 bits per heavy atom. The molecule has 3 heteroatoms. The van der Waals surface area contributed by atoms with Gasteiger partial charge in [-0.2, -0.15) is 0 Å². The maximum absolute atomic E-state index is 13.2. The van der Waals surface area contributed by atoms with Crippen molar-refractivity contribution in [3.8, 4) is 0 Å². The number of carbonyl (C=O) groups is 1. The number of carbonyl (C=O) groups excluding carboxylic acids is 1. The molecule has 1 amide bonds. The maximum atomic E-state index is 13.2. The first-order chi connectivity index (χ1) is 9.94. The third-order valence-electron chi connectivity index (χ3n) is 6.42. The van der Waals surface area contributed by atoms with Crippen LogP contribution in [0.25, 0.3) is 0 Å². The van der Waals surface area contributed by atoms with Gasteiger partial charge in [0.1, 0.15) is 0 Å². The molecule has 2 aliphatic carbocycles. The van der Waals surface area contributed by atoms with Gasteiger partial charge in [0.15, 0.2) is 0 Å². The van der Waals surface area contributed by atoms with Crippen molar-refractivity contribution in [1.29, 1.82) is 0 Å². The molecule has 4 unspecified atom stereocenters. The monoisotopic (exact) mass is 292 g/mol. The predicted molar refractivity (Wildman–Crippen MR) is 85.8 cm³/mol. The molecule has 3 aliphatic rings. The largest absolute Gasteiger partial charge is 0.322 e. The van der Waals surface area contributed by atoms with E-state index in [0.717, 1.165) is 24.7 Å². The van der Waals surface area contributed by atoms with Gasteiger partial charge in [-0.3, -0.25) is 10.1 Å². The van der Waals surface area contributed by atoms with Crippen LogP contribution in [0.3, 0.4) is 0 Å². The average molecular weight is 292 g/mol. The number of rotatable bonds is 2. The van der Waals surface area contributed by atoms with Gasteiger partial charge in [0.05, 0.1) is 11.7 Å². The molecule has 3 fully saturated rings. The van der Waals surface area contributed by atoms with E-state index in [1.165, 1.54) is 32.1 Å². The Labute approximate surface area is 129 Å². The molecule has 1 N–H and O–H groups in total. The summed E-state index contributed by atoms with van der Waals surface area (Å²) in [5.74, 6) is 2.46. The first-order valence-corrected chi connectivity index (χ1v) is 9.05. The van der Waals surface area contributed by atoms with E-state index in [9.17, 15) is 4.79 Å². The smallest absolute Gasteiger partial charge is 0.244 e. The highest BCUT2D eigenvalue weighted by Crippen LogP contribution is 2.42. The summed E-state index contributed by atoms with van der Waals surface area (Å²) in [7, 11) is 0. The van der Waals surface area contributed by atoms with E-state index in [2.05, 4.69) is 37.9 Å². The standard InChI is InChI=1S/C18H32N2O/c1-12(2)16-19-18(9-5-6-10-18)17(21)20(16)15-8-7-13(3)14(4)11-15/h12-16,19H,5-11H2,1-4H3. The van der Waals surface area contributed by atoms with E-state index < -0.39 is 0 Å². The summed E-state index contributed by atoms with van der Waals surface area (Å²) in [5, 5.41) is 3.77. The van der Waals surface area contributed by atoms with Crippen molar-refractivity contribution in [2.75, 3.05) is 0 Å². The van der Waals surface area contributed by atoms with E-state index in [-0.39, 0.29) is 11.7 Å². The molecule has 0 aromatic rings. The SMILES string of the molecule is CC(C)C1NC2(CCCC2)C(=O)N1C1CCC(C)C(C)C1. The maximum Gasteiger partial charge on any atom is 0.244 e. The van der Waals surface area contributed by atoms with Crippen LogP contribution in [0.4, 0.5) is 0 Å². The van der Waals surface area contributed by atoms with E-state index >= 15 is 0 Å². The fraction of sp³-hybridized carbons (Fsp3) is 0.944. The molecule has 4 atom stereocenters. The Morgan fingerprint density at radius 2 is 1.81 bits per heavy atom. The quantitative estimate of drug-likeness (QED) is 0.844. The van der Waals surface area contributed by atoms with Crippen molar-refractivity contribution in [2.45, 2.75) is 90.4 Å². The molecule has 0 bridgehead atoms. The Morgan fingerprint density at radius 3 is 2.38 bits per heavy atom. The summed E-state index contributed by atoms with van der Waals surface area (Å²) in [5.41, 5.74) is -0.207. The second kappa shape index (κ2) is 5.57. The summed E-state index contributed by atoms with van der Waals surface area (Å²) < 4.78 is 0. The van der Waals surface area contributed by atoms with Gasteiger partial charge in [-0.1, -0.05) is 40.5 Å². The molecule has 2 saturated carbocycles. The van der Waals surface area contributed by atoms with Crippen molar-refractivity contribution in [3.05, 3.63) is 0 Å². The second-order valence-corrected chi connectivity index (χ2v) is 8.26. The van der Waals surface area contributed by atoms with Gasteiger partial charge in [-0.25, -0.2) is 0 Å².